The highest BCUT2D eigenvalue weighted by molar-refractivity contribution is 6.30. The van der Waals surface area contributed by atoms with Crippen molar-refractivity contribution in [1.29, 1.82) is 0 Å². The molecule has 3 nitrogen and oxygen atoms in total. The second-order valence-electron chi connectivity index (χ2n) is 4.67. The molecule has 0 spiro atoms. The Morgan fingerprint density at radius 1 is 1.29 bits per heavy atom. The van der Waals surface area contributed by atoms with Gasteiger partial charge in [0.15, 0.2) is 6.10 Å². The monoisotopic (exact) mass is 307 g/mol. The first-order chi connectivity index (χ1) is 9.95. The van der Waals surface area contributed by atoms with Crippen molar-refractivity contribution in [3.8, 4) is 5.75 Å². The number of nitrogens with one attached hydrogen (secondary N) is 1. The fourth-order valence-electron chi connectivity index (χ4n) is 1.80. The summed E-state index contributed by atoms with van der Waals surface area (Å²) in [5.41, 5.74) is 1.23. The molecule has 0 radical (unpaired) electrons. The molecule has 0 aromatic heterocycles. The van der Waals surface area contributed by atoms with Crippen LogP contribution in [-0.2, 0) is 4.79 Å². The topological polar surface area (TPSA) is 38.3 Å². The lowest BCUT2D eigenvalue weighted by Crippen LogP contribution is -2.30. The highest BCUT2D eigenvalue weighted by atomic mass is 35.5. The zero-order valence-electron chi connectivity index (χ0n) is 11.7. The van der Waals surface area contributed by atoms with E-state index in [1.807, 2.05) is 6.92 Å². The van der Waals surface area contributed by atoms with Crippen LogP contribution in [0.3, 0.4) is 0 Å². The van der Waals surface area contributed by atoms with Gasteiger partial charge < -0.3 is 10.1 Å². The number of hydrogen-bond acceptors (Lipinski definition) is 2. The van der Waals surface area contributed by atoms with Crippen molar-refractivity contribution in [3.63, 3.8) is 0 Å². The van der Waals surface area contributed by atoms with E-state index in [1.165, 1.54) is 18.2 Å². The minimum absolute atomic E-state index is 0.352. The van der Waals surface area contributed by atoms with Gasteiger partial charge in [0.25, 0.3) is 5.91 Å². The SMILES string of the molecule is Cc1cc(Cl)ccc1O[C@H](C)C(=O)Nc1cccc(F)c1. The summed E-state index contributed by atoms with van der Waals surface area (Å²) in [5.74, 6) is -0.175. The van der Waals surface area contributed by atoms with E-state index < -0.39 is 11.9 Å². The number of hydrogen-bond donors (Lipinski definition) is 1. The van der Waals surface area contributed by atoms with Gasteiger partial charge in [-0.2, -0.15) is 0 Å². The maximum atomic E-state index is 13.1. The van der Waals surface area contributed by atoms with E-state index in [-0.39, 0.29) is 5.91 Å². The molecule has 0 saturated heterocycles. The van der Waals surface area contributed by atoms with Gasteiger partial charge in [-0.3, -0.25) is 4.79 Å². The predicted molar refractivity (Wildman–Crippen MR) is 81.3 cm³/mol. The molecule has 1 N–H and O–H groups in total. The van der Waals surface area contributed by atoms with Crippen molar-refractivity contribution in [1.82, 2.24) is 0 Å². The molecule has 0 heterocycles. The molecule has 2 aromatic carbocycles. The minimum atomic E-state index is -0.715. The molecule has 0 saturated carbocycles. The van der Waals surface area contributed by atoms with Gasteiger partial charge in [-0.25, -0.2) is 4.39 Å². The Hall–Kier alpha value is -2.07. The standard InChI is InChI=1S/C16H15ClFNO2/c1-10-8-12(17)6-7-15(10)21-11(2)16(20)19-14-5-3-4-13(18)9-14/h3-9,11H,1-2H3,(H,19,20)/t11-/m1/s1. The summed E-state index contributed by atoms with van der Waals surface area (Å²) in [6.07, 6.45) is -0.715. The van der Waals surface area contributed by atoms with Crippen LogP contribution >= 0.6 is 11.6 Å². The third-order valence-corrected chi connectivity index (χ3v) is 3.14. The van der Waals surface area contributed by atoms with Gasteiger partial charge in [0.2, 0.25) is 0 Å². The van der Waals surface area contributed by atoms with Gasteiger partial charge in [-0.15, -0.1) is 0 Å². The van der Waals surface area contributed by atoms with E-state index >= 15 is 0 Å². The molecule has 0 bridgehead atoms. The van der Waals surface area contributed by atoms with Crippen LogP contribution in [-0.4, -0.2) is 12.0 Å². The van der Waals surface area contributed by atoms with E-state index in [0.717, 1.165) is 5.56 Å². The number of carbonyl (C=O) groups excluding carboxylic acids is 1. The molecule has 2 aromatic rings. The molecule has 2 rings (SSSR count). The van der Waals surface area contributed by atoms with Crippen molar-refractivity contribution < 1.29 is 13.9 Å². The lowest BCUT2D eigenvalue weighted by atomic mass is 10.2. The number of aryl methyl sites for hydroxylation is 1. The molecular weight excluding hydrogens is 293 g/mol. The van der Waals surface area contributed by atoms with Crippen LogP contribution in [0.25, 0.3) is 0 Å². The molecule has 0 fully saturated rings. The number of benzene rings is 2. The van der Waals surface area contributed by atoms with E-state index in [2.05, 4.69) is 5.32 Å². The smallest absolute Gasteiger partial charge is 0.265 e. The van der Waals surface area contributed by atoms with Gasteiger partial charge in [-0.1, -0.05) is 17.7 Å². The molecular formula is C16H15ClFNO2. The number of halogens is 2. The summed E-state index contributed by atoms with van der Waals surface area (Å²) >= 11 is 5.87. The van der Waals surface area contributed by atoms with E-state index in [0.29, 0.717) is 16.5 Å². The van der Waals surface area contributed by atoms with E-state index in [4.69, 9.17) is 16.3 Å². The fourth-order valence-corrected chi connectivity index (χ4v) is 2.03. The quantitative estimate of drug-likeness (QED) is 0.919. The van der Waals surface area contributed by atoms with Crippen LogP contribution in [0.2, 0.25) is 5.02 Å². The van der Waals surface area contributed by atoms with Crippen LogP contribution in [0, 0.1) is 12.7 Å². The maximum absolute atomic E-state index is 13.1. The van der Waals surface area contributed by atoms with Crippen molar-refractivity contribution >= 4 is 23.2 Å². The average Bonchev–Trinajstić information content (AvgIpc) is 2.41. The molecule has 0 aliphatic heterocycles. The zero-order chi connectivity index (χ0) is 15.4. The number of carbonyl (C=O) groups is 1. The first-order valence-electron chi connectivity index (χ1n) is 6.45. The summed E-state index contributed by atoms with van der Waals surface area (Å²) in [7, 11) is 0. The Labute approximate surface area is 127 Å². The Kier molecular flexibility index (Phi) is 4.81. The van der Waals surface area contributed by atoms with E-state index in [1.54, 1.807) is 31.2 Å². The lowest BCUT2D eigenvalue weighted by molar-refractivity contribution is -0.122. The third kappa shape index (κ3) is 4.20. The molecule has 0 aliphatic carbocycles. The fraction of sp³-hybridized carbons (Fsp3) is 0.188. The highest BCUT2D eigenvalue weighted by Gasteiger charge is 2.16. The molecule has 1 atom stereocenters. The van der Waals surface area contributed by atoms with Crippen LogP contribution in [0.15, 0.2) is 42.5 Å². The number of anilines is 1. The number of amides is 1. The normalized spacial score (nSPS) is 11.8. The van der Waals surface area contributed by atoms with Crippen molar-refractivity contribution in [2.45, 2.75) is 20.0 Å². The largest absolute Gasteiger partial charge is 0.481 e. The molecule has 110 valence electrons. The molecule has 0 aliphatic rings. The highest BCUT2D eigenvalue weighted by Crippen LogP contribution is 2.23. The molecule has 0 unspecified atom stereocenters. The molecule has 1 amide bonds. The average molecular weight is 308 g/mol. The third-order valence-electron chi connectivity index (χ3n) is 2.90. The number of ether oxygens (including phenoxy) is 1. The van der Waals surface area contributed by atoms with Gasteiger partial charge in [0.1, 0.15) is 11.6 Å². The molecule has 5 heteroatoms. The first kappa shape index (κ1) is 15.3. The van der Waals surface area contributed by atoms with Crippen LogP contribution in [0.1, 0.15) is 12.5 Å². The zero-order valence-corrected chi connectivity index (χ0v) is 12.4. The Bertz CT molecular complexity index is 660. The minimum Gasteiger partial charge on any atom is -0.481 e. The number of rotatable bonds is 4. The van der Waals surface area contributed by atoms with Gasteiger partial charge >= 0.3 is 0 Å². The summed E-state index contributed by atoms with van der Waals surface area (Å²) in [6.45, 7) is 3.47. The van der Waals surface area contributed by atoms with Crippen molar-refractivity contribution in [2.24, 2.45) is 0 Å². The Balaban J connectivity index is 2.02. The second kappa shape index (κ2) is 6.59. The van der Waals surface area contributed by atoms with Gasteiger partial charge in [0, 0.05) is 10.7 Å². The van der Waals surface area contributed by atoms with Crippen molar-refractivity contribution in [3.05, 3.63) is 58.9 Å². The lowest BCUT2D eigenvalue weighted by Gasteiger charge is -2.16. The van der Waals surface area contributed by atoms with Crippen LogP contribution < -0.4 is 10.1 Å². The Morgan fingerprint density at radius 2 is 2.05 bits per heavy atom. The summed E-state index contributed by atoms with van der Waals surface area (Å²) < 4.78 is 18.7. The van der Waals surface area contributed by atoms with Crippen LogP contribution in [0.4, 0.5) is 10.1 Å². The first-order valence-corrected chi connectivity index (χ1v) is 6.83. The maximum Gasteiger partial charge on any atom is 0.265 e. The van der Waals surface area contributed by atoms with Crippen LogP contribution in [0.5, 0.6) is 5.75 Å². The molecule has 21 heavy (non-hydrogen) atoms. The van der Waals surface area contributed by atoms with Gasteiger partial charge in [-0.05, 0) is 55.8 Å². The van der Waals surface area contributed by atoms with E-state index in [9.17, 15) is 9.18 Å². The summed E-state index contributed by atoms with van der Waals surface area (Å²) in [6, 6.07) is 10.9. The summed E-state index contributed by atoms with van der Waals surface area (Å²) in [5, 5.41) is 3.21. The summed E-state index contributed by atoms with van der Waals surface area (Å²) in [4.78, 5) is 12.0. The van der Waals surface area contributed by atoms with Gasteiger partial charge in [0.05, 0.1) is 0 Å². The second-order valence-corrected chi connectivity index (χ2v) is 5.11. The Morgan fingerprint density at radius 3 is 2.71 bits per heavy atom. The predicted octanol–water partition coefficient (Wildman–Crippen LogP) is 4.19. The van der Waals surface area contributed by atoms with Crippen molar-refractivity contribution in [2.75, 3.05) is 5.32 Å².